The molecule has 0 atom stereocenters. The summed E-state index contributed by atoms with van der Waals surface area (Å²) in [6, 6.07) is 17.2. The van der Waals surface area contributed by atoms with E-state index in [0.717, 1.165) is 41.4 Å². The molecule has 0 bridgehead atoms. The maximum absolute atomic E-state index is 13.6. The Morgan fingerprint density at radius 2 is 1.67 bits per heavy atom. The van der Waals surface area contributed by atoms with Gasteiger partial charge in [-0.25, -0.2) is 14.4 Å². The third kappa shape index (κ3) is 7.98. The summed E-state index contributed by atoms with van der Waals surface area (Å²) in [6.45, 7) is -0.798. The van der Waals surface area contributed by atoms with Gasteiger partial charge in [0.25, 0.3) is 0 Å². The number of amides is 1. The molecular weight excluding hydrogens is 637 g/mol. The molecule has 1 amide bonds. The van der Waals surface area contributed by atoms with E-state index in [1.54, 1.807) is 37.7 Å². The SMILES string of the molecule is CCCc1cc2oc(-c3ccc(F)cc3)c(C=O)c2cc1-c1ccc(OC)c(C2(c3ncccn3)CC(OC(F)F)C2)c1.CNC.NC=O. The Bertz CT molecular complexity index is 1840. The monoisotopic (exact) mass is 676 g/mol. The lowest BCUT2D eigenvalue weighted by molar-refractivity contribution is -0.192. The highest BCUT2D eigenvalue weighted by atomic mass is 19.3. The molecule has 5 aromatic rings. The highest BCUT2D eigenvalue weighted by molar-refractivity contribution is 6.04. The van der Waals surface area contributed by atoms with Crippen molar-refractivity contribution in [3.05, 3.63) is 101 Å². The van der Waals surface area contributed by atoms with Crippen molar-refractivity contribution in [2.24, 2.45) is 5.73 Å². The highest BCUT2D eigenvalue weighted by Crippen LogP contribution is 2.53. The molecule has 2 aromatic heterocycles. The number of carbonyl (C=O) groups excluding carboxylic acids is 2. The summed E-state index contributed by atoms with van der Waals surface area (Å²) in [7, 11) is 5.32. The first-order chi connectivity index (χ1) is 23.7. The number of aromatic nitrogens is 2. The third-order valence-electron chi connectivity index (χ3n) is 8.16. The van der Waals surface area contributed by atoms with E-state index in [9.17, 15) is 18.0 Å². The van der Waals surface area contributed by atoms with Crippen LogP contribution in [0.3, 0.4) is 0 Å². The third-order valence-corrected chi connectivity index (χ3v) is 8.16. The summed E-state index contributed by atoms with van der Waals surface area (Å²) in [6.07, 6.45) is 5.75. The quantitative estimate of drug-likeness (QED) is 0.150. The smallest absolute Gasteiger partial charge is 0.345 e. The first-order valence-corrected chi connectivity index (χ1v) is 15.6. The maximum atomic E-state index is 13.6. The fourth-order valence-electron chi connectivity index (χ4n) is 6.16. The Kier molecular flexibility index (Phi) is 12.6. The second kappa shape index (κ2) is 16.8. The molecule has 0 saturated heterocycles. The van der Waals surface area contributed by atoms with Crippen LogP contribution >= 0.6 is 0 Å². The minimum Gasteiger partial charge on any atom is -0.496 e. The summed E-state index contributed by atoms with van der Waals surface area (Å²) >= 11 is 0. The lowest BCUT2D eigenvalue weighted by atomic mass is 9.61. The molecule has 1 saturated carbocycles. The van der Waals surface area contributed by atoms with Crippen LogP contribution < -0.4 is 15.8 Å². The van der Waals surface area contributed by atoms with Gasteiger partial charge in [0.05, 0.1) is 24.2 Å². The van der Waals surface area contributed by atoms with Gasteiger partial charge in [-0.1, -0.05) is 19.4 Å². The Morgan fingerprint density at radius 1 is 1.04 bits per heavy atom. The fourth-order valence-corrected chi connectivity index (χ4v) is 6.16. The van der Waals surface area contributed by atoms with Crippen LogP contribution in [-0.2, 0) is 21.4 Å². The van der Waals surface area contributed by atoms with Gasteiger partial charge in [-0.3, -0.25) is 9.59 Å². The molecule has 0 unspecified atom stereocenters. The van der Waals surface area contributed by atoms with Crippen LogP contribution in [0, 0.1) is 5.82 Å². The molecule has 258 valence electrons. The molecule has 0 spiro atoms. The number of methoxy groups -OCH3 is 1. The van der Waals surface area contributed by atoms with Crippen molar-refractivity contribution < 1.29 is 36.7 Å². The summed E-state index contributed by atoms with van der Waals surface area (Å²) in [5.74, 6) is 1.08. The van der Waals surface area contributed by atoms with Gasteiger partial charge >= 0.3 is 6.61 Å². The predicted molar refractivity (Wildman–Crippen MR) is 181 cm³/mol. The highest BCUT2D eigenvalue weighted by Gasteiger charge is 2.52. The number of hydrogen-bond acceptors (Lipinski definition) is 8. The molecular formula is C37H39F3N4O5. The van der Waals surface area contributed by atoms with Crippen LogP contribution in [0.15, 0.2) is 77.5 Å². The number of hydrogen-bond donors (Lipinski definition) is 2. The number of halogens is 3. The van der Waals surface area contributed by atoms with E-state index in [1.807, 2.05) is 44.4 Å². The lowest BCUT2D eigenvalue weighted by Gasteiger charge is -2.46. The average molecular weight is 677 g/mol. The van der Waals surface area contributed by atoms with Crippen molar-refractivity contribution in [3.8, 4) is 28.2 Å². The van der Waals surface area contributed by atoms with Crippen molar-refractivity contribution in [3.63, 3.8) is 0 Å². The average Bonchev–Trinajstić information content (AvgIpc) is 3.44. The second-order valence-electron chi connectivity index (χ2n) is 11.4. The number of carbonyl (C=O) groups is 2. The molecule has 0 radical (unpaired) electrons. The number of alkyl halides is 2. The van der Waals surface area contributed by atoms with Gasteiger partial charge in [0.15, 0.2) is 6.29 Å². The molecule has 0 aliphatic heterocycles. The summed E-state index contributed by atoms with van der Waals surface area (Å²) < 4.78 is 56.6. The number of aldehydes is 1. The zero-order chi connectivity index (χ0) is 35.6. The van der Waals surface area contributed by atoms with Crippen LogP contribution in [0.5, 0.6) is 5.75 Å². The van der Waals surface area contributed by atoms with Gasteiger partial charge in [0.2, 0.25) is 6.41 Å². The number of benzene rings is 3. The van der Waals surface area contributed by atoms with Crippen molar-refractivity contribution in [2.75, 3.05) is 21.2 Å². The number of furan rings is 1. The first-order valence-electron chi connectivity index (χ1n) is 15.6. The molecule has 12 heteroatoms. The Labute approximate surface area is 282 Å². The zero-order valence-electron chi connectivity index (χ0n) is 27.7. The van der Waals surface area contributed by atoms with Gasteiger partial charge in [-0.15, -0.1) is 0 Å². The Balaban J connectivity index is 0.000000841. The lowest BCUT2D eigenvalue weighted by Crippen LogP contribution is -2.48. The predicted octanol–water partition coefficient (Wildman–Crippen LogP) is 7.09. The van der Waals surface area contributed by atoms with Crippen molar-refractivity contribution in [1.82, 2.24) is 15.3 Å². The number of nitrogens with zero attached hydrogens (tertiary/aromatic N) is 2. The summed E-state index contributed by atoms with van der Waals surface area (Å²) in [5.41, 5.74) is 8.44. The standard InChI is InChI=1S/C34H29F3N2O4.C2H7N.CH3NO/c1-3-5-21-15-30-26(27(19-40)31(43-30)20-6-9-23(35)10-7-20)16-25(21)22-8-11-29(41-2)28(14-22)34(32-38-12-4-13-39-32)17-24(18-34)42-33(36)37;1-3-2;2-1-3/h4,6-16,19,24,33H,3,5,17-18H2,1-2H3;3H,1-2H3;1H,(H2,2,3). The van der Waals surface area contributed by atoms with E-state index in [0.29, 0.717) is 39.4 Å². The van der Waals surface area contributed by atoms with Gasteiger partial charge in [0.1, 0.15) is 28.7 Å². The van der Waals surface area contributed by atoms with E-state index in [-0.39, 0.29) is 25.1 Å². The molecule has 6 rings (SSSR count). The number of aryl methyl sites for hydroxylation is 1. The van der Waals surface area contributed by atoms with E-state index in [1.165, 1.54) is 12.1 Å². The van der Waals surface area contributed by atoms with Crippen molar-refractivity contribution in [1.29, 1.82) is 0 Å². The number of fused-ring (bicyclic) bond motifs is 1. The minimum atomic E-state index is -2.88. The van der Waals surface area contributed by atoms with Crippen molar-refractivity contribution >= 4 is 23.7 Å². The molecule has 9 nitrogen and oxygen atoms in total. The molecule has 1 fully saturated rings. The van der Waals surface area contributed by atoms with Gasteiger partial charge < -0.3 is 24.9 Å². The first kappa shape index (κ1) is 36.8. The zero-order valence-corrected chi connectivity index (χ0v) is 27.7. The Morgan fingerprint density at radius 3 is 2.24 bits per heavy atom. The molecule has 3 aromatic carbocycles. The van der Waals surface area contributed by atoms with E-state index < -0.39 is 18.1 Å². The van der Waals surface area contributed by atoms with E-state index in [4.69, 9.17) is 18.7 Å². The van der Waals surface area contributed by atoms with Crippen LogP contribution in [0.4, 0.5) is 13.2 Å². The van der Waals surface area contributed by atoms with Gasteiger partial charge in [0, 0.05) is 28.9 Å². The summed E-state index contributed by atoms with van der Waals surface area (Å²) in [4.78, 5) is 29.9. The minimum absolute atomic E-state index is 0.250. The normalized spacial score (nSPS) is 16.5. The molecule has 1 aliphatic carbocycles. The van der Waals surface area contributed by atoms with Crippen LogP contribution in [0.1, 0.15) is 53.5 Å². The van der Waals surface area contributed by atoms with Crippen LogP contribution in [-0.4, -0.2) is 56.6 Å². The van der Waals surface area contributed by atoms with E-state index >= 15 is 0 Å². The van der Waals surface area contributed by atoms with Gasteiger partial charge in [-0.05, 0) is 105 Å². The number of rotatable bonds is 10. The Hall–Kier alpha value is -5.07. The number of ether oxygens (including phenoxy) is 2. The molecule has 3 N–H and O–H groups in total. The van der Waals surface area contributed by atoms with Gasteiger partial charge in [-0.2, -0.15) is 8.78 Å². The second-order valence-corrected chi connectivity index (χ2v) is 11.4. The molecule has 2 heterocycles. The summed E-state index contributed by atoms with van der Waals surface area (Å²) in [5, 5.41) is 3.39. The fraction of sp³-hybridized carbons (Fsp3) is 0.297. The maximum Gasteiger partial charge on any atom is 0.345 e. The topological polar surface area (TPSA) is 130 Å². The number of primary amides is 1. The van der Waals surface area contributed by atoms with E-state index in [2.05, 4.69) is 27.9 Å². The van der Waals surface area contributed by atoms with Crippen LogP contribution in [0.25, 0.3) is 33.4 Å². The van der Waals surface area contributed by atoms with Crippen LogP contribution in [0.2, 0.25) is 0 Å². The van der Waals surface area contributed by atoms with Crippen molar-refractivity contribution in [2.45, 2.75) is 50.7 Å². The largest absolute Gasteiger partial charge is 0.496 e. The molecule has 1 aliphatic rings. The number of nitrogens with one attached hydrogen (secondary N) is 1. The molecule has 49 heavy (non-hydrogen) atoms. The number of nitrogens with two attached hydrogens (primary N) is 1.